The van der Waals surface area contributed by atoms with Crippen molar-refractivity contribution in [2.24, 2.45) is 0 Å². The summed E-state index contributed by atoms with van der Waals surface area (Å²) in [5, 5.41) is 7.70. The van der Waals surface area contributed by atoms with E-state index in [0.29, 0.717) is 11.8 Å². The summed E-state index contributed by atoms with van der Waals surface area (Å²) < 4.78 is 10.9. The molecule has 0 bridgehead atoms. The zero-order valence-corrected chi connectivity index (χ0v) is 15.7. The Kier molecular flexibility index (Phi) is 5.63. The number of aromatic nitrogens is 2. The summed E-state index contributed by atoms with van der Waals surface area (Å²) in [4.78, 5) is 2.49. The van der Waals surface area contributed by atoms with Crippen molar-refractivity contribution in [3.05, 3.63) is 41.2 Å². The van der Waals surface area contributed by atoms with Gasteiger partial charge in [-0.15, -0.1) is 0 Å². The molecule has 1 fully saturated rings. The first-order valence-electron chi connectivity index (χ1n) is 9.09. The third-order valence-corrected chi connectivity index (χ3v) is 5.12. The Labute approximate surface area is 150 Å². The van der Waals surface area contributed by atoms with Gasteiger partial charge in [0, 0.05) is 23.7 Å². The minimum atomic E-state index is 0.477. The number of nitrogens with one attached hydrogen (secondary N) is 1. The highest BCUT2D eigenvalue weighted by molar-refractivity contribution is 5.40. The molecule has 0 spiro atoms. The summed E-state index contributed by atoms with van der Waals surface area (Å²) in [6, 6.07) is 8.25. The van der Waals surface area contributed by atoms with Crippen molar-refractivity contribution in [1.29, 1.82) is 0 Å². The highest BCUT2D eigenvalue weighted by Crippen LogP contribution is 2.31. The van der Waals surface area contributed by atoms with E-state index in [2.05, 4.69) is 41.1 Å². The molecular formula is C20H29N3O2. The van der Waals surface area contributed by atoms with E-state index in [1.54, 1.807) is 14.2 Å². The van der Waals surface area contributed by atoms with Crippen molar-refractivity contribution in [2.75, 3.05) is 27.3 Å². The van der Waals surface area contributed by atoms with Gasteiger partial charge in [0.1, 0.15) is 11.5 Å². The second-order valence-corrected chi connectivity index (χ2v) is 7.13. The van der Waals surface area contributed by atoms with Gasteiger partial charge in [0.25, 0.3) is 0 Å². The molecule has 0 aliphatic carbocycles. The molecule has 5 heteroatoms. The number of aromatic amines is 1. The molecule has 0 unspecified atom stereocenters. The van der Waals surface area contributed by atoms with Gasteiger partial charge in [-0.1, -0.05) is 13.8 Å². The summed E-state index contributed by atoms with van der Waals surface area (Å²) >= 11 is 0. The van der Waals surface area contributed by atoms with Gasteiger partial charge in [0.15, 0.2) is 0 Å². The van der Waals surface area contributed by atoms with Crippen LogP contribution in [0.25, 0.3) is 0 Å². The largest absolute Gasteiger partial charge is 0.497 e. The van der Waals surface area contributed by atoms with Crippen LogP contribution in [0.1, 0.15) is 55.5 Å². The Hall–Kier alpha value is -2.01. The van der Waals surface area contributed by atoms with Crippen LogP contribution in [0.5, 0.6) is 11.5 Å². The molecule has 1 saturated heterocycles. The SMILES string of the molecule is COc1ccc(OC)c(CN2CCC(c3cc(C(C)C)n[nH]3)CC2)c1. The lowest BCUT2D eigenvalue weighted by Crippen LogP contribution is -2.32. The van der Waals surface area contributed by atoms with Crippen LogP contribution in [0, 0.1) is 0 Å². The molecule has 25 heavy (non-hydrogen) atoms. The summed E-state index contributed by atoms with van der Waals surface area (Å²) in [6.07, 6.45) is 2.32. The lowest BCUT2D eigenvalue weighted by Gasteiger charge is -2.31. The van der Waals surface area contributed by atoms with E-state index in [1.165, 1.54) is 17.0 Å². The van der Waals surface area contributed by atoms with E-state index in [0.717, 1.165) is 44.0 Å². The normalized spacial score (nSPS) is 16.4. The molecule has 0 saturated carbocycles. The van der Waals surface area contributed by atoms with Crippen LogP contribution in [0.15, 0.2) is 24.3 Å². The molecule has 0 atom stereocenters. The molecule has 1 aliphatic heterocycles. The number of nitrogens with zero attached hydrogens (tertiary/aromatic N) is 2. The number of hydrogen-bond acceptors (Lipinski definition) is 4. The average Bonchev–Trinajstić information content (AvgIpc) is 3.13. The van der Waals surface area contributed by atoms with Gasteiger partial charge >= 0.3 is 0 Å². The maximum absolute atomic E-state index is 5.51. The predicted molar refractivity (Wildman–Crippen MR) is 99.5 cm³/mol. The number of rotatable bonds is 6. The summed E-state index contributed by atoms with van der Waals surface area (Å²) in [7, 11) is 3.43. The number of hydrogen-bond donors (Lipinski definition) is 1. The van der Waals surface area contributed by atoms with Crippen LogP contribution in [0.3, 0.4) is 0 Å². The number of likely N-dealkylation sites (tertiary alicyclic amines) is 1. The lowest BCUT2D eigenvalue weighted by molar-refractivity contribution is 0.201. The number of methoxy groups -OCH3 is 2. The Balaban J connectivity index is 1.61. The molecule has 2 heterocycles. The van der Waals surface area contributed by atoms with Crippen LogP contribution in [0.2, 0.25) is 0 Å². The van der Waals surface area contributed by atoms with Crippen LogP contribution in [-0.2, 0) is 6.54 Å². The van der Waals surface area contributed by atoms with Crippen LogP contribution >= 0.6 is 0 Å². The van der Waals surface area contributed by atoms with Gasteiger partial charge in [-0.05, 0) is 56.1 Å². The third kappa shape index (κ3) is 4.15. The fourth-order valence-corrected chi connectivity index (χ4v) is 3.51. The van der Waals surface area contributed by atoms with Gasteiger partial charge in [0.05, 0.1) is 19.9 Å². The summed E-state index contributed by atoms with van der Waals surface area (Å²) in [5.74, 6) is 2.87. The summed E-state index contributed by atoms with van der Waals surface area (Å²) in [5.41, 5.74) is 3.64. The Bertz CT molecular complexity index is 688. The van der Waals surface area contributed by atoms with E-state index < -0.39 is 0 Å². The number of H-pyrrole nitrogens is 1. The Morgan fingerprint density at radius 1 is 1.16 bits per heavy atom. The van der Waals surface area contributed by atoms with E-state index in [4.69, 9.17) is 9.47 Å². The molecule has 1 aliphatic rings. The minimum absolute atomic E-state index is 0.477. The fourth-order valence-electron chi connectivity index (χ4n) is 3.51. The molecule has 1 N–H and O–H groups in total. The summed E-state index contributed by atoms with van der Waals surface area (Å²) in [6.45, 7) is 7.43. The van der Waals surface area contributed by atoms with Crippen molar-refractivity contribution >= 4 is 0 Å². The maximum atomic E-state index is 5.51. The minimum Gasteiger partial charge on any atom is -0.497 e. The topological polar surface area (TPSA) is 50.4 Å². The van der Waals surface area contributed by atoms with Gasteiger partial charge in [-0.2, -0.15) is 5.10 Å². The Morgan fingerprint density at radius 3 is 2.52 bits per heavy atom. The van der Waals surface area contributed by atoms with Gasteiger partial charge in [-0.25, -0.2) is 0 Å². The average molecular weight is 343 g/mol. The van der Waals surface area contributed by atoms with Crippen molar-refractivity contribution in [2.45, 2.75) is 45.1 Å². The number of ether oxygens (including phenoxy) is 2. The molecule has 1 aromatic heterocycles. The molecule has 2 aromatic rings. The molecule has 136 valence electrons. The first kappa shape index (κ1) is 17.8. The van der Waals surface area contributed by atoms with E-state index >= 15 is 0 Å². The van der Waals surface area contributed by atoms with Gasteiger partial charge in [-0.3, -0.25) is 10.00 Å². The van der Waals surface area contributed by atoms with Crippen molar-refractivity contribution in [3.63, 3.8) is 0 Å². The van der Waals surface area contributed by atoms with Crippen molar-refractivity contribution in [1.82, 2.24) is 15.1 Å². The second kappa shape index (κ2) is 7.91. The number of piperidine rings is 1. The van der Waals surface area contributed by atoms with Gasteiger partial charge < -0.3 is 9.47 Å². The highest BCUT2D eigenvalue weighted by Gasteiger charge is 2.23. The Morgan fingerprint density at radius 2 is 1.92 bits per heavy atom. The molecule has 0 radical (unpaired) electrons. The fraction of sp³-hybridized carbons (Fsp3) is 0.550. The molecule has 0 amide bonds. The van der Waals surface area contributed by atoms with Crippen molar-refractivity contribution in [3.8, 4) is 11.5 Å². The quantitative estimate of drug-likeness (QED) is 0.863. The standard InChI is InChI=1S/C20H29N3O2/c1-14(2)18-12-19(22-21-18)15-7-9-23(10-8-15)13-16-11-17(24-3)5-6-20(16)25-4/h5-6,11-12,14-15H,7-10,13H2,1-4H3,(H,21,22). The van der Waals surface area contributed by atoms with E-state index in [1.807, 2.05) is 12.1 Å². The first-order chi connectivity index (χ1) is 12.1. The second-order valence-electron chi connectivity index (χ2n) is 7.13. The third-order valence-electron chi connectivity index (χ3n) is 5.12. The van der Waals surface area contributed by atoms with Crippen LogP contribution in [-0.4, -0.2) is 42.4 Å². The molecule has 5 nitrogen and oxygen atoms in total. The first-order valence-corrected chi connectivity index (χ1v) is 9.09. The number of benzene rings is 1. The van der Waals surface area contributed by atoms with E-state index in [9.17, 15) is 0 Å². The smallest absolute Gasteiger partial charge is 0.123 e. The van der Waals surface area contributed by atoms with Gasteiger partial charge in [0.2, 0.25) is 0 Å². The van der Waals surface area contributed by atoms with Crippen molar-refractivity contribution < 1.29 is 9.47 Å². The zero-order valence-electron chi connectivity index (χ0n) is 15.7. The highest BCUT2D eigenvalue weighted by atomic mass is 16.5. The lowest BCUT2D eigenvalue weighted by atomic mass is 9.92. The van der Waals surface area contributed by atoms with E-state index in [-0.39, 0.29) is 0 Å². The molecule has 3 rings (SSSR count). The monoisotopic (exact) mass is 343 g/mol. The zero-order chi connectivity index (χ0) is 17.8. The molecule has 1 aromatic carbocycles. The predicted octanol–water partition coefficient (Wildman–Crippen LogP) is 3.93. The van der Waals surface area contributed by atoms with Crippen LogP contribution in [0.4, 0.5) is 0 Å². The maximum Gasteiger partial charge on any atom is 0.123 e. The van der Waals surface area contributed by atoms with Crippen LogP contribution < -0.4 is 9.47 Å². The molecular weight excluding hydrogens is 314 g/mol.